The monoisotopic (exact) mass is 997 g/mol. The lowest BCUT2D eigenvalue weighted by Crippen LogP contribution is -2.68. The SMILES string of the molecule is C=C(C)C1CC[C@]2(C(=O)O[C@@H]3CC[C@@]4(C)C(=CC[C@H]5[C@@H]6CC[C@H]([C@H](C)CCCC(C)C)[C@@]6(C)CC[C@@H]54)C3)CC[C@]3(C)[C@H](CC[C@@H]4[C@@]5(C)CCC(NCCCC(NC(=O)OC)C(=O)O)C(C)(C)C5CC[C@]43C)C12. The van der Waals surface area contributed by atoms with Crippen LogP contribution >= 0.6 is 0 Å². The largest absolute Gasteiger partial charge is 0.480 e. The molecule has 1 amide bonds. The molecule has 9 aliphatic rings. The third-order valence-electron chi connectivity index (χ3n) is 25.9. The number of carbonyl (C=O) groups excluding carboxylic acids is 2. The standard InChI is InChI=1S/C64H104N2O6/c1-39(2)16-14-17-41(5)46-21-22-47-45-20-19-42-38-43(25-30-59(42,8)48(45)27-31-60(46,47)9)72-56(69)64-34-26-44(40(3)4)54(64)49-23-24-52-61(10)32-29-53(65-37-15-18-50(55(67)68)66-57(70)71-13)58(6,7)51(61)28-33-63(52,12)62(49,11)35-36-64/h19,39,41,43-54,65H,3,14-18,20-38H2,1-2,4-13H3,(H,66,70)(H,67,68)/t41-,43-,44?,45+,46-,47+,48+,49-,50?,51?,52-,53?,54?,59+,60-,61+,62-,63-,64+/m1/s1. The van der Waals surface area contributed by atoms with Gasteiger partial charge in [-0.05, 0) is 233 Å². The highest BCUT2D eigenvalue weighted by molar-refractivity contribution is 5.80. The number of nitrogens with one attached hydrogen (secondary N) is 2. The maximum atomic E-state index is 15.4. The van der Waals surface area contributed by atoms with Gasteiger partial charge in [-0.3, -0.25) is 4.79 Å². The average molecular weight is 998 g/mol. The summed E-state index contributed by atoms with van der Waals surface area (Å²) >= 11 is 0. The van der Waals surface area contributed by atoms with Gasteiger partial charge in [-0.15, -0.1) is 0 Å². The molecule has 0 spiro atoms. The molecule has 8 heteroatoms. The molecule has 0 aromatic rings. The fourth-order valence-electron chi connectivity index (χ4n) is 21.9. The van der Waals surface area contributed by atoms with E-state index < -0.39 is 23.5 Å². The first kappa shape index (κ1) is 54.4. The summed E-state index contributed by atoms with van der Waals surface area (Å²) in [6.07, 6.45) is 28.5. The molecular formula is C64H104N2O6. The molecule has 8 fully saturated rings. The number of fused-ring (bicyclic) bond motifs is 12. The molecule has 0 saturated heterocycles. The lowest BCUT2D eigenvalue weighted by Gasteiger charge is -2.73. The van der Waals surface area contributed by atoms with Crippen LogP contribution in [0, 0.1) is 103 Å². The van der Waals surface area contributed by atoms with Gasteiger partial charge < -0.3 is 25.2 Å². The smallest absolute Gasteiger partial charge is 0.407 e. The number of alkyl carbamates (subject to hydrolysis) is 1. The third-order valence-corrected chi connectivity index (χ3v) is 25.9. The normalized spacial score (nSPS) is 45.6. The molecule has 9 rings (SSSR count). The van der Waals surface area contributed by atoms with Gasteiger partial charge in [0.15, 0.2) is 0 Å². The molecule has 5 unspecified atom stereocenters. The van der Waals surface area contributed by atoms with Gasteiger partial charge in [0, 0.05) is 12.5 Å². The Bertz CT molecular complexity index is 2080. The first-order valence-corrected chi connectivity index (χ1v) is 30.3. The van der Waals surface area contributed by atoms with Crippen molar-refractivity contribution in [1.29, 1.82) is 0 Å². The van der Waals surface area contributed by atoms with E-state index in [2.05, 4.69) is 104 Å². The Balaban J connectivity index is 0.864. The second-order valence-corrected chi connectivity index (χ2v) is 29.4. The minimum absolute atomic E-state index is 0.00122. The summed E-state index contributed by atoms with van der Waals surface area (Å²) in [7, 11) is 1.26. The molecule has 8 nitrogen and oxygen atoms in total. The molecule has 3 N–H and O–H groups in total. The third kappa shape index (κ3) is 8.72. The van der Waals surface area contributed by atoms with E-state index in [0.29, 0.717) is 53.9 Å². The second kappa shape index (κ2) is 19.9. The number of amides is 1. The zero-order valence-corrected chi connectivity index (χ0v) is 47.8. The van der Waals surface area contributed by atoms with E-state index in [1.165, 1.54) is 103 Å². The number of ether oxygens (including phenoxy) is 2. The van der Waals surface area contributed by atoms with E-state index in [1.54, 1.807) is 5.57 Å². The molecule has 19 atom stereocenters. The number of carboxylic acids is 1. The second-order valence-electron chi connectivity index (χ2n) is 29.4. The highest BCUT2D eigenvalue weighted by Gasteiger charge is 2.72. The van der Waals surface area contributed by atoms with Crippen molar-refractivity contribution in [3.8, 4) is 0 Å². The Hall–Kier alpha value is -2.35. The number of carbonyl (C=O) groups is 3. The van der Waals surface area contributed by atoms with Crippen molar-refractivity contribution < 1.29 is 29.0 Å². The zero-order chi connectivity index (χ0) is 52.0. The molecule has 0 heterocycles. The van der Waals surface area contributed by atoms with Crippen molar-refractivity contribution >= 4 is 18.0 Å². The van der Waals surface area contributed by atoms with Crippen molar-refractivity contribution in [2.75, 3.05) is 13.7 Å². The van der Waals surface area contributed by atoms with Crippen LogP contribution in [0.25, 0.3) is 0 Å². The Labute approximate surface area is 438 Å². The first-order chi connectivity index (χ1) is 33.9. The Kier molecular flexibility index (Phi) is 15.0. The van der Waals surface area contributed by atoms with Crippen molar-refractivity contribution in [2.45, 2.75) is 242 Å². The van der Waals surface area contributed by atoms with Crippen LogP contribution in [0.4, 0.5) is 4.79 Å². The highest BCUT2D eigenvalue weighted by Crippen LogP contribution is 2.78. The molecular weight excluding hydrogens is 893 g/mol. The van der Waals surface area contributed by atoms with E-state index in [1.807, 2.05) is 0 Å². The molecule has 9 aliphatic carbocycles. The first-order valence-electron chi connectivity index (χ1n) is 30.3. The fourth-order valence-corrected chi connectivity index (χ4v) is 21.9. The van der Waals surface area contributed by atoms with Crippen molar-refractivity contribution in [1.82, 2.24) is 10.6 Å². The van der Waals surface area contributed by atoms with Crippen LogP contribution in [0.1, 0.15) is 224 Å². The van der Waals surface area contributed by atoms with E-state index in [0.717, 1.165) is 87.0 Å². The molecule has 406 valence electrons. The number of carboxylic acid groups (broad SMARTS) is 1. The number of hydrogen-bond acceptors (Lipinski definition) is 6. The molecule has 0 aromatic heterocycles. The zero-order valence-electron chi connectivity index (χ0n) is 47.8. The van der Waals surface area contributed by atoms with Gasteiger partial charge in [0.1, 0.15) is 12.1 Å². The van der Waals surface area contributed by atoms with Crippen molar-refractivity contribution in [3.63, 3.8) is 0 Å². The minimum atomic E-state index is -1.03. The number of esters is 1. The van der Waals surface area contributed by atoms with Crippen LogP contribution < -0.4 is 10.6 Å². The van der Waals surface area contributed by atoms with Crippen molar-refractivity contribution in [3.05, 3.63) is 23.8 Å². The number of aliphatic carboxylic acids is 1. The topological polar surface area (TPSA) is 114 Å². The van der Waals surface area contributed by atoms with E-state index >= 15 is 4.79 Å². The summed E-state index contributed by atoms with van der Waals surface area (Å²) in [5.74, 6) is 6.48. The van der Waals surface area contributed by atoms with Crippen LogP contribution in [0.3, 0.4) is 0 Å². The molecule has 0 radical (unpaired) electrons. The Morgan fingerprint density at radius 3 is 2.19 bits per heavy atom. The van der Waals surface area contributed by atoms with Gasteiger partial charge in [0.05, 0.1) is 12.5 Å². The number of rotatable bonds is 15. The van der Waals surface area contributed by atoms with Gasteiger partial charge in [-0.1, -0.05) is 112 Å². The van der Waals surface area contributed by atoms with Gasteiger partial charge in [-0.25, -0.2) is 9.59 Å². The van der Waals surface area contributed by atoms with Gasteiger partial charge >= 0.3 is 18.0 Å². The average Bonchev–Trinajstić information content (AvgIpc) is 3.90. The summed E-state index contributed by atoms with van der Waals surface area (Å²) in [6.45, 7) is 33.4. The maximum Gasteiger partial charge on any atom is 0.407 e. The molecule has 8 saturated carbocycles. The summed E-state index contributed by atoms with van der Waals surface area (Å²) in [5, 5.41) is 16.1. The van der Waals surface area contributed by atoms with Crippen molar-refractivity contribution in [2.24, 2.45) is 103 Å². The number of methoxy groups -OCH3 is 1. The lowest BCUT2D eigenvalue weighted by atomic mass is 9.32. The fraction of sp³-hybridized carbons (Fsp3) is 0.891. The highest BCUT2D eigenvalue weighted by atomic mass is 16.5. The van der Waals surface area contributed by atoms with E-state index in [-0.39, 0.29) is 39.1 Å². The van der Waals surface area contributed by atoms with Crippen LogP contribution in [0.15, 0.2) is 23.8 Å². The van der Waals surface area contributed by atoms with Gasteiger partial charge in [0.2, 0.25) is 0 Å². The van der Waals surface area contributed by atoms with Gasteiger partial charge in [-0.2, -0.15) is 0 Å². The van der Waals surface area contributed by atoms with Crippen LogP contribution in [-0.4, -0.2) is 55.0 Å². The predicted octanol–water partition coefficient (Wildman–Crippen LogP) is 15.1. The van der Waals surface area contributed by atoms with Crippen LogP contribution in [-0.2, 0) is 19.1 Å². The Morgan fingerprint density at radius 1 is 0.750 bits per heavy atom. The predicted molar refractivity (Wildman–Crippen MR) is 290 cm³/mol. The summed E-state index contributed by atoms with van der Waals surface area (Å²) < 4.78 is 11.7. The van der Waals surface area contributed by atoms with E-state index in [9.17, 15) is 14.7 Å². The summed E-state index contributed by atoms with van der Waals surface area (Å²) in [5.41, 5.74) is 3.89. The minimum Gasteiger partial charge on any atom is -0.480 e. The summed E-state index contributed by atoms with van der Waals surface area (Å²) in [4.78, 5) is 39.1. The van der Waals surface area contributed by atoms with Crippen LogP contribution in [0.5, 0.6) is 0 Å². The molecule has 0 bridgehead atoms. The maximum absolute atomic E-state index is 15.4. The molecule has 72 heavy (non-hydrogen) atoms. The molecule has 0 aliphatic heterocycles. The van der Waals surface area contributed by atoms with Crippen LogP contribution in [0.2, 0.25) is 0 Å². The Morgan fingerprint density at radius 2 is 1.49 bits per heavy atom. The number of allylic oxidation sites excluding steroid dienone is 2. The summed E-state index contributed by atoms with van der Waals surface area (Å²) in [6, 6.07) is -0.603. The van der Waals surface area contributed by atoms with Gasteiger partial charge in [0.25, 0.3) is 0 Å². The molecule has 0 aromatic carbocycles. The number of hydrogen-bond donors (Lipinski definition) is 3. The quantitative estimate of drug-likeness (QED) is 0.0851. The lowest BCUT2D eigenvalue weighted by molar-refractivity contribution is -0.242. The van der Waals surface area contributed by atoms with E-state index in [4.69, 9.17) is 4.74 Å².